The molecule has 0 aliphatic rings. The molecule has 0 saturated heterocycles. The maximum atomic E-state index is 12.9. The Bertz CT molecular complexity index is 877. The lowest BCUT2D eigenvalue weighted by Gasteiger charge is -2.17. The van der Waals surface area contributed by atoms with Gasteiger partial charge in [0.25, 0.3) is 5.91 Å². The first kappa shape index (κ1) is 23.0. The lowest BCUT2D eigenvalue weighted by atomic mass is 10.0. The summed E-state index contributed by atoms with van der Waals surface area (Å²) in [5, 5.41) is 11.3. The van der Waals surface area contributed by atoms with Crippen LogP contribution in [0.25, 0.3) is 0 Å². The Labute approximate surface area is 174 Å². The van der Waals surface area contributed by atoms with Gasteiger partial charge in [-0.25, -0.2) is 4.79 Å². The van der Waals surface area contributed by atoms with E-state index >= 15 is 0 Å². The first-order valence-corrected chi connectivity index (χ1v) is 8.93. The van der Waals surface area contributed by atoms with Crippen molar-refractivity contribution >= 4 is 34.5 Å². The average molecular weight is 531 g/mol. The maximum absolute atomic E-state index is 12.9. The summed E-state index contributed by atoms with van der Waals surface area (Å²) in [4.78, 5) is 23.7. The number of carbonyl (C=O) groups excluding carboxylic acids is 1. The van der Waals surface area contributed by atoms with Gasteiger partial charge < -0.3 is 10.4 Å². The number of amides is 1. The van der Waals surface area contributed by atoms with Gasteiger partial charge in [-0.15, -0.1) is 0 Å². The van der Waals surface area contributed by atoms with Crippen molar-refractivity contribution < 1.29 is 41.0 Å². The van der Waals surface area contributed by atoms with Gasteiger partial charge in [0.05, 0.1) is 11.1 Å². The van der Waals surface area contributed by atoms with Gasteiger partial charge in [-0.1, -0.05) is 12.1 Å². The molecule has 29 heavy (non-hydrogen) atoms. The summed E-state index contributed by atoms with van der Waals surface area (Å²) in [6, 6.07) is 5.37. The van der Waals surface area contributed by atoms with Gasteiger partial charge in [0.2, 0.25) is 0 Å². The summed E-state index contributed by atoms with van der Waals surface area (Å²) in [6.07, 6.45) is -10.4. The van der Waals surface area contributed by atoms with Gasteiger partial charge in [0.15, 0.2) is 0 Å². The number of hydrogen-bond acceptors (Lipinski definition) is 2. The number of carboxylic acid groups (broad SMARTS) is 1. The van der Waals surface area contributed by atoms with E-state index in [1.165, 1.54) is 0 Å². The molecule has 2 rings (SSSR count). The normalized spacial score (nSPS) is 13.1. The van der Waals surface area contributed by atoms with Crippen LogP contribution in [0.2, 0.25) is 0 Å². The molecule has 11 heteroatoms. The molecule has 0 bridgehead atoms. The van der Waals surface area contributed by atoms with E-state index in [0.29, 0.717) is 5.56 Å². The second-order valence-electron chi connectivity index (χ2n) is 5.99. The van der Waals surface area contributed by atoms with Crippen LogP contribution in [-0.4, -0.2) is 23.0 Å². The number of halogens is 7. The Balaban J connectivity index is 2.33. The third-order valence-corrected chi connectivity index (χ3v) is 4.53. The summed E-state index contributed by atoms with van der Waals surface area (Å²) in [5.74, 6) is -2.85. The number of carbonyl (C=O) groups is 2. The molecule has 2 N–H and O–H groups in total. The third-order valence-electron chi connectivity index (χ3n) is 3.81. The van der Waals surface area contributed by atoms with Crippen LogP contribution in [0.4, 0.5) is 26.3 Å². The predicted molar refractivity (Wildman–Crippen MR) is 98.2 cm³/mol. The topological polar surface area (TPSA) is 66.4 Å². The van der Waals surface area contributed by atoms with Crippen molar-refractivity contribution in [2.45, 2.75) is 24.8 Å². The number of rotatable bonds is 5. The van der Waals surface area contributed by atoms with Gasteiger partial charge in [-0.3, -0.25) is 4.79 Å². The molecular weight excluding hydrogens is 519 g/mol. The Morgan fingerprint density at radius 3 is 1.83 bits per heavy atom. The Kier molecular flexibility index (Phi) is 6.81. The molecule has 0 heterocycles. The summed E-state index contributed by atoms with van der Waals surface area (Å²) in [7, 11) is 0. The van der Waals surface area contributed by atoms with Crippen molar-refractivity contribution in [3.63, 3.8) is 0 Å². The molecule has 2 aromatic carbocycles. The van der Waals surface area contributed by atoms with E-state index in [1.54, 1.807) is 24.3 Å². The molecule has 0 saturated carbocycles. The zero-order valence-corrected chi connectivity index (χ0v) is 16.4. The van der Waals surface area contributed by atoms with E-state index in [9.17, 15) is 41.0 Å². The first-order valence-electron chi connectivity index (χ1n) is 7.85. The van der Waals surface area contributed by atoms with Crippen molar-refractivity contribution in [1.82, 2.24) is 5.32 Å². The second kappa shape index (κ2) is 8.59. The van der Waals surface area contributed by atoms with Crippen molar-refractivity contribution in [3.8, 4) is 0 Å². The van der Waals surface area contributed by atoms with E-state index in [-0.39, 0.29) is 24.6 Å². The van der Waals surface area contributed by atoms with Crippen LogP contribution in [0.3, 0.4) is 0 Å². The Hall–Kier alpha value is -2.31. The maximum Gasteiger partial charge on any atom is 0.416 e. The van der Waals surface area contributed by atoms with Crippen LogP contribution >= 0.6 is 22.6 Å². The van der Waals surface area contributed by atoms with Crippen LogP contribution in [0, 0.1) is 3.57 Å². The molecule has 1 amide bonds. The minimum atomic E-state index is -5.12. The smallest absolute Gasteiger partial charge is 0.416 e. The van der Waals surface area contributed by atoms with E-state index in [1.807, 2.05) is 27.9 Å². The zero-order chi connectivity index (χ0) is 22.0. The highest BCUT2D eigenvalue weighted by molar-refractivity contribution is 14.1. The van der Waals surface area contributed by atoms with Crippen LogP contribution in [0.1, 0.15) is 27.0 Å². The summed E-state index contributed by atoms with van der Waals surface area (Å²) >= 11 is 2.02. The highest BCUT2D eigenvalue weighted by Gasteiger charge is 2.37. The third kappa shape index (κ3) is 6.34. The minimum Gasteiger partial charge on any atom is -0.480 e. The van der Waals surface area contributed by atoms with Gasteiger partial charge in [0.1, 0.15) is 6.04 Å². The molecule has 1 atom stereocenters. The molecule has 0 radical (unpaired) electrons. The number of carboxylic acids is 1. The van der Waals surface area contributed by atoms with E-state index in [4.69, 9.17) is 0 Å². The molecule has 4 nitrogen and oxygen atoms in total. The molecule has 0 spiro atoms. The highest BCUT2D eigenvalue weighted by Crippen LogP contribution is 2.36. The summed E-state index contributed by atoms with van der Waals surface area (Å²) in [6.45, 7) is 0. The SMILES string of the molecule is O=C(N[C@@H](Cc1ccc(I)cc1)C(=O)O)c1cc(C(F)(F)F)cc(C(F)(F)F)c1. The van der Waals surface area contributed by atoms with Crippen LogP contribution < -0.4 is 5.32 Å². The molecule has 0 unspecified atom stereocenters. The molecule has 0 aromatic heterocycles. The van der Waals surface area contributed by atoms with Gasteiger partial charge >= 0.3 is 18.3 Å². The fourth-order valence-corrected chi connectivity index (χ4v) is 2.74. The largest absolute Gasteiger partial charge is 0.480 e. The van der Waals surface area contributed by atoms with Crippen LogP contribution in [-0.2, 0) is 23.6 Å². The Morgan fingerprint density at radius 1 is 0.931 bits per heavy atom. The monoisotopic (exact) mass is 531 g/mol. The molecule has 0 aliphatic heterocycles. The molecule has 0 aliphatic carbocycles. The summed E-state index contributed by atoms with van der Waals surface area (Å²) in [5.41, 5.74) is -3.76. The van der Waals surface area contributed by atoms with Gasteiger partial charge in [-0.05, 0) is 58.5 Å². The predicted octanol–water partition coefficient (Wildman–Crippen LogP) is 4.75. The number of hydrogen-bond donors (Lipinski definition) is 2. The van der Waals surface area contributed by atoms with E-state index in [0.717, 1.165) is 3.57 Å². The van der Waals surface area contributed by atoms with E-state index < -0.39 is 47.0 Å². The zero-order valence-electron chi connectivity index (χ0n) is 14.2. The van der Waals surface area contributed by atoms with Crippen LogP contribution in [0.5, 0.6) is 0 Å². The Morgan fingerprint density at radius 2 is 1.41 bits per heavy atom. The fourth-order valence-electron chi connectivity index (χ4n) is 2.38. The number of alkyl halides is 6. The van der Waals surface area contributed by atoms with Crippen LogP contribution in [0.15, 0.2) is 42.5 Å². The standard InChI is InChI=1S/C18H12F6INO3/c19-17(20,21)11-6-10(7-12(8-11)18(22,23)24)15(27)26-14(16(28)29)5-9-1-3-13(25)4-2-9/h1-4,6-8,14H,5H2,(H,26,27)(H,28,29)/t14-/m0/s1. The van der Waals surface area contributed by atoms with Crippen molar-refractivity contribution in [3.05, 3.63) is 68.3 Å². The highest BCUT2D eigenvalue weighted by atomic mass is 127. The minimum absolute atomic E-state index is 0.114. The second-order valence-corrected chi connectivity index (χ2v) is 7.24. The quantitative estimate of drug-likeness (QED) is 0.433. The fraction of sp³-hybridized carbons (Fsp3) is 0.222. The van der Waals surface area contributed by atoms with E-state index in [2.05, 4.69) is 0 Å². The van der Waals surface area contributed by atoms with Crippen molar-refractivity contribution in [2.24, 2.45) is 0 Å². The van der Waals surface area contributed by atoms with Crippen molar-refractivity contribution in [1.29, 1.82) is 0 Å². The number of nitrogens with one attached hydrogen (secondary N) is 1. The van der Waals surface area contributed by atoms with Gasteiger partial charge in [-0.2, -0.15) is 26.3 Å². The molecule has 0 fully saturated rings. The van der Waals surface area contributed by atoms with Gasteiger partial charge in [0, 0.05) is 15.6 Å². The van der Waals surface area contributed by atoms with Crippen molar-refractivity contribution in [2.75, 3.05) is 0 Å². The number of benzene rings is 2. The lowest BCUT2D eigenvalue weighted by Crippen LogP contribution is -2.42. The first-order chi connectivity index (χ1) is 13.3. The molecule has 156 valence electrons. The summed E-state index contributed by atoms with van der Waals surface area (Å²) < 4.78 is 78.4. The lowest BCUT2D eigenvalue weighted by molar-refractivity contribution is -0.143. The molecule has 2 aromatic rings. The molecular formula is C18H12F6INO3. The average Bonchev–Trinajstić information content (AvgIpc) is 2.61. The number of aliphatic carboxylic acids is 1.